The topological polar surface area (TPSA) is 40.6 Å². The van der Waals surface area contributed by atoms with E-state index in [0.29, 0.717) is 31.9 Å². The van der Waals surface area contributed by atoms with Crippen LogP contribution in [0.5, 0.6) is 0 Å². The van der Waals surface area contributed by atoms with Crippen molar-refractivity contribution < 1.29 is 8.42 Å². The number of nitrogens with zero attached hydrogens (tertiary/aromatic N) is 2. The van der Waals surface area contributed by atoms with Gasteiger partial charge in [-0.2, -0.15) is 4.31 Å². The Balaban J connectivity index is 2.39. The summed E-state index contributed by atoms with van der Waals surface area (Å²) in [5, 5.41) is 0. The standard InChI is InChI=1S/C11H19ClN2O2S/c1-2-6-13-7-9-14(10-8-13)17(15,16)11-4-3-5-12/h1H,3-11H2. The molecule has 1 fully saturated rings. The van der Waals surface area contributed by atoms with Crippen molar-refractivity contribution >= 4 is 21.6 Å². The zero-order valence-corrected chi connectivity index (χ0v) is 11.5. The molecule has 0 unspecified atom stereocenters. The molecule has 0 aromatic heterocycles. The van der Waals surface area contributed by atoms with Gasteiger partial charge in [0.2, 0.25) is 10.0 Å². The van der Waals surface area contributed by atoms with Gasteiger partial charge in [0, 0.05) is 32.1 Å². The summed E-state index contributed by atoms with van der Waals surface area (Å²) in [5.74, 6) is 3.30. The quantitative estimate of drug-likeness (QED) is 0.406. The second kappa shape index (κ2) is 7.22. The van der Waals surface area contributed by atoms with E-state index in [2.05, 4.69) is 10.8 Å². The van der Waals surface area contributed by atoms with E-state index in [-0.39, 0.29) is 5.75 Å². The van der Waals surface area contributed by atoms with Crippen molar-refractivity contribution in [1.82, 2.24) is 9.21 Å². The monoisotopic (exact) mass is 278 g/mol. The van der Waals surface area contributed by atoms with Gasteiger partial charge in [-0.3, -0.25) is 4.90 Å². The number of sulfonamides is 1. The molecule has 0 aromatic carbocycles. The number of alkyl halides is 1. The number of rotatable bonds is 6. The lowest BCUT2D eigenvalue weighted by Gasteiger charge is -2.32. The number of hydrogen-bond acceptors (Lipinski definition) is 3. The zero-order chi connectivity index (χ0) is 12.7. The third kappa shape index (κ3) is 4.84. The highest BCUT2D eigenvalue weighted by Crippen LogP contribution is 2.09. The van der Waals surface area contributed by atoms with Gasteiger partial charge in [-0.25, -0.2) is 8.42 Å². The normalized spacial score (nSPS) is 19.1. The molecule has 4 nitrogen and oxygen atoms in total. The van der Waals surface area contributed by atoms with Crippen LogP contribution in [0.25, 0.3) is 0 Å². The van der Waals surface area contributed by atoms with Crippen molar-refractivity contribution in [2.75, 3.05) is 44.4 Å². The summed E-state index contributed by atoms with van der Waals surface area (Å²) in [6.07, 6.45) is 6.61. The predicted molar refractivity (Wildman–Crippen MR) is 70.6 cm³/mol. The van der Waals surface area contributed by atoms with Crippen molar-refractivity contribution in [3.63, 3.8) is 0 Å². The van der Waals surface area contributed by atoms with Crippen LogP contribution in [0.3, 0.4) is 0 Å². The number of piperazine rings is 1. The number of hydrogen-bond donors (Lipinski definition) is 0. The predicted octanol–water partition coefficient (Wildman–Crippen LogP) is 0.586. The third-order valence-corrected chi connectivity index (χ3v) is 5.05. The van der Waals surface area contributed by atoms with Gasteiger partial charge in [-0.05, 0) is 12.8 Å². The average molecular weight is 279 g/mol. The molecule has 0 spiro atoms. The van der Waals surface area contributed by atoms with Crippen LogP contribution < -0.4 is 0 Å². The van der Waals surface area contributed by atoms with E-state index in [4.69, 9.17) is 18.0 Å². The van der Waals surface area contributed by atoms with Gasteiger partial charge in [-0.1, -0.05) is 5.92 Å². The fourth-order valence-corrected chi connectivity index (χ4v) is 3.54. The molecule has 0 atom stereocenters. The van der Waals surface area contributed by atoms with Gasteiger partial charge in [0.15, 0.2) is 0 Å². The molecule has 0 bridgehead atoms. The maximum atomic E-state index is 11.9. The molecule has 0 N–H and O–H groups in total. The van der Waals surface area contributed by atoms with Crippen LogP contribution in [0.4, 0.5) is 0 Å². The first-order valence-electron chi connectivity index (χ1n) is 5.80. The molecule has 0 radical (unpaired) electrons. The Morgan fingerprint density at radius 1 is 1.18 bits per heavy atom. The first-order valence-corrected chi connectivity index (χ1v) is 7.94. The van der Waals surface area contributed by atoms with E-state index in [1.807, 2.05) is 0 Å². The lowest BCUT2D eigenvalue weighted by molar-refractivity contribution is 0.207. The van der Waals surface area contributed by atoms with Crippen LogP contribution in [0, 0.1) is 12.3 Å². The van der Waals surface area contributed by atoms with Crippen molar-refractivity contribution in [2.45, 2.75) is 12.8 Å². The van der Waals surface area contributed by atoms with Crippen molar-refractivity contribution in [2.24, 2.45) is 0 Å². The first kappa shape index (κ1) is 14.8. The van der Waals surface area contributed by atoms with Gasteiger partial charge in [0.1, 0.15) is 0 Å². The molecule has 6 heteroatoms. The van der Waals surface area contributed by atoms with Gasteiger partial charge in [0.05, 0.1) is 12.3 Å². The van der Waals surface area contributed by atoms with Gasteiger partial charge in [0.25, 0.3) is 0 Å². The van der Waals surface area contributed by atoms with Crippen LogP contribution >= 0.6 is 11.6 Å². The number of halogens is 1. The fourth-order valence-electron chi connectivity index (χ4n) is 1.80. The van der Waals surface area contributed by atoms with E-state index in [9.17, 15) is 8.42 Å². The smallest absolute Gasteiger partial charge is 0.214 e. The lowest BCUT2D eigenvalue weighted by atomic mass is 10.3. The molecule has 0 aliphatic carbocycles. The Morgan fingerprint density at radius 3 is 2.35 bits per heavy atom. The van der Waals surface area contributed by atoms with Crippen LogP contribution in [-0.2, 0) is 10.0 Å². The molecule has 1 rings (SSSR count). The Hall–Kier alpha value is -0.280. The summed E-state index contributed by atoms with van der Waals surface area (Å²) >= 11 is 5.54. The molecule has 1 aliphatic heterocycles. The van der Waals surface area contributed by atoms with Crippen LogP contribution in [0.2, 0.25) is 0 Å². The van der Waals surface area contributed by atoms with E-state index in [1.165, 1.54) is 0 Å². The molecule has 98 valence electrons. The minimum absolute atomic E-state index is 0.203. The molecule has 0 aromatic rings. The SMILES string of the molecule is C#CCN1CCN(S(=O)(=O)CCCCCl)CC1. The average Bonchev–Trinajstić information content (AvgIpc) is 2.30. The van der Waals surface area contributed by atoms with Crippen molar-refractivity contribution in [3.8, 4) is 12.3 Å². The summed E-state index contributed by atoms with van der Waals surface area (Å²) in [5.41, 5.74) is 0. The minimum atomic E-state index is -3.10. The Kier molecular flexibility index (Phi) is 6.28. The largest absolute Gasteiger partial charge is 0.290 e. The lowest BCUT2D eigenvalue weighted by Crippen LogP contribution is -2.49. The Bertz CT molecular complexity index is 356. The van der Waals surface area contributed by atoms with Crippen LogP contribution in [-0.4, -0.2) is 62.0 Å². The summed E-state index contributed by atoms with van der Waals surface area (Å²) in [6.45, 7) is 3.13. The van der Waals surface area contributed by atoms with Gasteiger partial charge < -0.3 is 0 Å². The van der Waals surface area contributed by atoms with E-state index in [1.54, 1.807) is 4.31 Å². The summed E-state index contributed by atoms with van der Waals surface area (Å²) in [6, 6.07) is 0. The second-order valence-electron chi connectivity index (χ2n) is 4.09. The fraction of sp³-hybridized carbons (Fsp3) is 0.818. The third-order valence-electron chi connectivity index (χ3n) is 2.83. The maximum absolute atomic E-state index is 11.9. The van der Waals surface area contributed by atoms with E-state index < -0.39 is 10.0 Å². The first-order chi connectivity index (χ1) is 8.10. The van der Waals surface area contributed by atoms with Gasteiger partial charge >= 0.3 is 0 Å². The van der Waals surface area contributed by atoms with Crippen LogP contribution in [0.1, 0.15) is 12.8 Å². The highest BCUT2D eigenvalue weighted by molar-refractivity contribution is 7.89. The Labute approximate surface area is 109 Å². The zero-order valence-electron chi connectivity index (χ0n) is 9.94. The van der Waals surface area contributed by atoms with Crippen LogP contribution in [0.15, 0.2) is 0 Å². The second-order valence-corrected chi connectivity index (χ2v) is 6.56. The molecule has 1 aliphatic rings. The molecule has 0 saturated carbocycles. The highest BCUT2D eigenvalue weighted by Gasteiger charge is 2.25. The van der Waals surface area contributed by atoms with Crippen molar-refractivity contribution in [3.05, 3.63) is 0 Å². The van der Waals surface area contributed by atoms with Crippen molar-refractivity contribution in [1.29, 1.82) is 0 Å². The van der Waals surface area contributed by atoms with E-state index >= 15 is 0 Å². The maximum Gasteiger partial charge on any atom is 0.214 e. The Morgan fingerprint density at radius 2 is 1.82 bits per heavy atom. The molecule has 1 saturated heterocycles. The molecular formula is C11H19ClN2O2S. The summed E-state index contributed by atoms with van der Waals surface area (Å²) < 4.78 is 25.5. The van der Waals surface area contributed by atoms with E-state index in [0.717, 1.165) is 19.5 Å². The summed E-state index contributed by atoms with van der Waals surface area (Å²) in [7, 11) is -3.10. The molecule has 17 heavy (non-hydrogen) atoms. The number of unbranched alkanes of at least 4 members (excludes halogenated alkanes) is 1. The molecular weight excluding hydrogens is 260 g/mol. The molecule has 1 heterocycles. The highest BCUT2D eigenvalue weighted by atomic mass is 35.5. The summed E-state index contributed by atoms with van der Waals surface area (Å²) in [4.78, 5) is 2.09. The molecule has 0 amide bonds. The minimum Gasteiger partial charge on any atom is -0.290 e. The van der Waals surface area contributed by atoms with Gasteiger partial charge in [-0.15, -0.1) is 18.0 Å². The number of terminal acetylenes is 1.